The Hall–Kier alpha value is -2.76. The number of hydrogen-bond donors (Lipinski definition) is 1. The molecule has 0 amide bonds. The molecule has 0 bridgehead atoms. The first kappa shape index (κ1) is 14.2. The summed E-state index contributed by atoms with van der Waals surface area (Å²) in [6, 6.07) is 7.60. The summed E-state index contributed by atoms with van der Waals surface area (Å²) in [4.78, 5) is 8.52. The number of anilines is 1. The molecule has 6 heteroatoms. The zero-order valence-corrected chi connectivity index (χ0v) is 12.5. The topological polar surface area (TPSA) is 83.4 Å². The normalized spacial score (nSPS) is 10.8. The number of aryl methyl sites for hydroxylation is 2. The quantitative estimate of drug-likeness (QED) is 0.779. The minimum absolute atomic E-state index is 0.511. The van der Waals surface area contributed by atoms with E-state index in [1.807, 2.05) is 18.2 Å². The number of fused-ring (bicyclic) bond motifs is 1. The third kappa shape index (κ3) is 2.81. The molecule has 6 nitrogen and oxygen atoms in total. The Morgan fingerprint density at radius 2 is 1.91 bits per heavy atom. The molecule has 0 aliphatic carbocycles. The lowest BCUT2D eigenvalue weighted by Crippen LogP contribution is -1.95. The maximum atomic E-state index is 5.69. The van der Waals surface area contributed by atoms with Gasteiger partial charge in [0.05, 0.1) is 26.1 Å². The summed E-state index contributed by atoms with van der Waals surface area (Å²) in [6.45, 7) is 0. The molecule has 0 unspecified atom stereocenters. The predicted octanol–water partition coefficient (Wildman–Crippen LogP) is 2.61. The average molecular weight is 299 g/mol. The van der Waals surface area contributed by atoms with Gasteiger partial charge in [-0.2, -0.15) is 0 Å². The van der Waals surface area contributed by atoms with Crippen LogP contribution in [0.3, 0.4) is 0 Å². The van der Waals surface area contributed by atoms with Crippen molar-refractivity contribution < 1.29 is 13.9 Å². The highest BCUT2D eigenvalue weighted by Gasteiger charge is 2.09. The van der Waals surface area contributed by atoms with Crippen LogP contribution in [0.5, 0.6) is 11.5 Å². The number of benzene rings is 1. The van der Waals surface area contributed by atoms with Crippen LogP contribution in [0.15, 0.2) is 34.9 Å². The Bertz CT molecular complexity index is 798. The summed E-state index contributed by atoms with van der Waals surface area (Å²) in [5, 5.41) is 0. The first-order valence-electron chi connectivity index (χ1n) is 6.91. The Balaban J connectivity index is 1.76. The molecule has 0 fully saturated rings. The van der Waals surface area contributed by atoms with Gasteiger partial charge in [0.25, 0.3) is 0 Å². The van der Waals surface area contributed by atoms with E-state index in [0.29, 0.717) is 40.7 Å². The smallest absolute Gasteiger partial charge is 0.247 e. The van der Waals surface area contributed by atoms with Crippen LogP contribution >= 0.6 is 0 Å². The minimum atomic E-state index is 0.511. The van der Waals surface area contributed by atoms with Crippen molar-refractivity contribution in [2.24, 2.45) is 0 Å². The lowest BCUT2D eigenvalue weighted by Gasteiger charge is -2.08. The monoisotopic (exact) mass is 299 g/mol. The van der Waals surface area contributed by atoms with Crippen molar-refractivity contribution in [2.45, 2.75) is 12.8 Å². The van der Waals surface area contributed by atoms with Crippen LogP contribution in [0.1, 0.15) is 11.5 Å². The van der Waals surface area contributed by atoms with Gasteiger partial charge in [-0.3, -0.25) is 0 Å². The summed E-state index contributed by atoms with van der Waals surface area (Å²) in [7, 11) is 3.24. The molecule has 0 aliphatic rings. The molecule has 2 N–H and O–H groups in total. The second-order valence-corrected chi connectivity index (χ2v) is 4.89. The second kappa shape index (κ2) is 5.93. The van der Waals surface area contributed by atoms with Crippen LogP contribution in [0.2, 0.25) is 0 Å². The molecule has 0 aliphatic heterocycles. The average Bonchev–Trinajstić information content (AvgIpc) is 2.94. The van der Waals surface area contributed by atoms with Crippen molar-refractivity contribution in [2.75, 3.05) is 20.0 Å². The van der Waals surface area contributed by atoms with Crippen LogP contribution in [0, 0.1) is 0 Å². The second-order valence-electron chi connectivity index (χ2n) is 4.89. The van der Waals surface area contributed by atoms with Gasteiger partial charge in [-0.1, -0.05) is 6.07 Å². The van der Waals surface area contributed by atoms with Crippen molar-refractivity contribution in [1.82, 2.24) is 9.97 Å². The summed E-state index contributed by atoms with van der Waals surface area (Å²) in [6.07, 6.45) is 3.01. The van der Waals surface area contributed by atoms with Gasteiger partial charge in [0.15, 0.2) is 17.4 Å². The number of ether oxygens (including phenoxy) is 2. The molecular formula is C16H17N3O3. The summed E-state index contributed by atoms with van der Waals surface area (Å²) < 4.78 is 16.1. The highest BCUT2D eigenvalue weighted by atomic mass is 16.5. The summed E-state index contributed by atoms with van der Waals surface area (Å²) in [5.74, 6) is 2.07. The van der Waals surface area contributed by atoms with Gasteiger partial charge >= 0.3 is 0 Å². The Labute approximate surface area is 127 Å². The number of rotatable bonds is 5. The fraction of sp³-hybridized carbons (Fsp3) is 0.250. The SMILES string of the molecule is COc1ccc(CCc2nc3cc(N)cnc3o2)cc1OC. The highest BCUT2D eigenvalue weighted by Crippen LogP contribution is 2.28. The number of nitrogens with zero attached hydrogens (tertiary/aromatic N) is 2. The molecular weight excluding hydrogens is 282 g/mol. The standard InChI is InChI=1S/C16H17N3O3/c1-20-13-5-3-10(7-14(13)21-2)4-6-15-19-12-8-11(17)9-18-16(12)22-15/h3,5,7-9H,4,6,17H2,1-2H3. The van der Waals surface area contributed by atoms with Crippen molar-refractivity contribution >= 4 is 16.9 Å². The number of nitrogens with two attached hydrogens (primary N) is 1. The third-order valence-electron chi connectivity index (χ3n) is 3.39. The zero-order chi connectivity index (χ0) is 15.5. The zero-order valence-electron chi connectivity index (χ0n) is 12.5. The van der Waals surface area contributed by atoms with Crippen LogP contribution in [0.25, 0.3) is 11.2 Å². The minimum Gasteiger partial charge on any atom is -0.493 e. The fourth-order valence-corrected chi connectivity index (χ4v) is 2.28. The van der Waals surface area contributed by atoms with Gasteiger partial charge in [0, 0.05) is 6.42 Å². The van der Waals surface area contributed by atoms with E-state index < -0.39 is 0 Å². The van der Waals surface area contributed by atoms with Crippen molar-refractivity contribution in [1.29, 1.82) is 0 Å². The molecule has 2 heterocycles. The van der Waals surface area contributed by atoms with Crippen LogP contribution in [-0.2, 0) is 12.8 Å². The van der Waals surface area contributed by atoms with E-state index >= 15 is 0 Å². The highest BCUT2D eigenvalue weighted by molar-refractivity contribution is 5.71. The molecule has 0 radical (unpaired) electrons. The lowest BCUT2D eigenvalue weighted by molar-refractivity contribution is 0.354. The molecule has 0 saturated carbocycles. The van der Waals surface area contributed by atoms with Crippen molar-refractivity contribution in [3.05, 3.63) is 41.9 Å². The van der Waals surface area contributed by atoms with Gasteiger partial charge < -0.3 is 19.6 Å². The molecule has 1 aromatic carbocycles. The molecule has 114 valence electrons. The number of aromatic nitrogens is 2. The van der Waals surface area contributed by atoms with E-state index in [2.05, 4.69) is 9.97 Å². The Morgan fingerprint density at radius 3 is 2.68 bits per heavy atom. The van der Waals surface area contributed by atoms with Gasteiger partial charge in [-0.15, -0.1) is 0 Å². The van der Waals surface area contributed by atoms with Gasteiger partial charge in [0.1, 0.15) is 5.52 Å². The largest absolute Gasteiger partial charge is 0.493 e. The molecule has 0 saturated heterocycles. The molecule has 2 aromatic heterocycles. The maximum Gasteiger partial charge on any atom is 0.247 e. The van der Waals surface area contributed by atoms with Gasteiger partial charge in [-0.25, -0.2) is 9.97 Å². The molecule has 3 rings (SSSR count). The molecule has 22 heavy (non-hydrogen) atoms. The predicted molar refractivity (Wildman–Crippen MR) is 83.2 cm³/mol. The summed E-state index contributed by atoms with van der Waals surface area (Å²) in [5.41, 5.74) is 8.57. The van der Waals surface area contributed by atoms with E-state index in [-0.39, 0.29) is 0 Å². The van der Waals surface area contributed by atoms with Crippen LogP contribution in [0.4, 0.5) is 5.69 Å². The number of pyridine rings is 1. The van der Waals surface area contributed by atoms with Gasteiger partial charge in [0.2, 0.25) is 5.71 Å². The van der Waals surface area contributed by atoms with Gasteiger partial charge in [-0.05, 0) is 30.2 Å². The van der Waals surface area contributed by atoms with E-state index in [1.54, 1.807) is 26.5 Å². The van der Waals surface area contributed by atoms with E-state index in [9.17, 15) is 0 Å². The Kier molecular flexibility index (Phi) is 3.82. The number of methoxy groups -OCH3 is 2. The number of hydrogen-bond acceptors (Lipinski definition) is 6. The maximum absolute atomic E-state index is 5.69. The lowest BCUT2D eigenvalue weighted by atomic mass is 10.1. The molecule has 3 aromatic rings. The van der Waals surface area contributed by atoms with E-state index in [4.69, 9.17) is 19.6 Å². The number of oxazole rings is 1. The Morgan fingerprint density at radius 1 is 1.09 bits per heavy atom. The molecule has 0 spiro atoms. The van der Waals surface area contributed by atoms with Crippen LogP contribution in [-0.4, -0.2) is 24.2 Å². The van der Waals surface area contributed by atoms with Crippen molar-refractivity contribution in [3.63, 3.8) is 0 Å². The van der Waals surface area contributed by atoms with E-state index in [0.717, 1.165) is 12.0 Å². The molecule has 0 atom stereocenters. The van der Waals surface area contributed by atoms with Crippen molar-refractivity contribution in [3.8, 4) is 11.5 Å². The number of nitrogen functional groups attached to an aromatic ring is 1. The third-order valence-corrected chi connectivity index (χ3v) is 3.39. The fourth-order valence-electron chi connectivity index (χ4n) is 2.28. The first-order valence-corrected chi connectivity index (χ1v) is 6.91. The first-order chi connectivity index (χ1) is 10.7. The van der Waals surface area contributed by atoms with Crippen LogP contribution < -0.4 is 15.2 Å². The van der Waals surface area contributed by atoms with E-state index in [1.165, 1.54) is 0 Å². The summed E-state index contributed by atoms with van der Waals surface area (Å²) >= 11 is 0.